The first kappa shape index (κ1) is 22.1. The number of aromatic nitrogens is 2. The molecule has 0 radical (unpaired) electrons. The van der Waals surface area contributed by atoms with E-state index in [4.69, 9.17) is 25.8 Å². The summed E-state index contributed by atoms with van der Waals surface area (Å²) in [5.74, 6) is 1.37. The summed E-state index contributed by atoms with van der Waals surface area (Å²) in [6.07, 6.45) is 9.78. The summed E-state index contributed by atoms with van der Waals surface area (Å²) in [6.45, 7) is 0.864. The number of hydrogen-bond donors (Lipinski definition) is 2. The molecule has 0 unspecified atom stereocenters. The molecule has 2 fully saturated rings. The number of methoxy groups -OCH3 is 1. The van der Waals surface area contributed by atoms with Crippen LogP contribution in [0.1, 0.15) is 62.5 Å². The number of benzene rings is 1. The van der Waals surface area contributed by atoms with E-state index in [1.54, 1.807) is 13.4 Å². The van der Waals surface area contributed by atoms with Gasteiger partial charge in [-0.15, -0.1) is 0 Å². The first-order chi connectivity index (χ1) is 16.1. The molecule has 2 saturated carbocycles. The highest BCUT2D eigenvalue weighted by Crippen LogP contribution is 2.53. The average molecular weight is 452 g/mol. The van der Waals surface area contributed by atoms with Crippen molar-refractivity contribution in [1.82, 2.24) is 9.97 Å². The molecule has 0 saturated heterocycles. The van der Waals surface area contributed by atoms with Crippen molar-refractivity contribution in [1.29, 1.82) is 0 Å². The van der Waals surface area contributed by atoms with Gasteiger partial charge in [0.1, 0.15) is 24.5 Å². The number of hydrogen-bond acceptors (Lipinski definition) is 8. The minimum Gasteiger partial charge on any atom is -0.490 e. The Morgan fingerprint density at radius 1 is 1.06 bits per heavy atom. The molecule has 4 N–H and O–H groups in total. The lowest BCUT2D eigenvalue weighted by Crippen LogP contribution is -2.39. The normalized spacial score (nSPS) is 24.5. The topological polar surface area (TPSA) is 118 Å². The molecule has 1 aromatic carbocycles. The third-order valence-electron chi connectivity index (χ3n) is 7.32. The molecule has 33 heavy (non-hydrogen) atoms. The lowest BCUT2D eigenvalue weighted by atomic mass is 9.66. The van der Waals surface area contributed by atoms with Gasteiger partial charge in [0.05, 0.1) is 24.1 Å². The number of oxime groups is 1. The lowest BCUT2D eigenvalue weighted by Gasteiger charge is -2.37. The van der Waals surface area contributed by atoms with Crippen LogP contribution in [0.4, 0.5) is 5.82 Å². The molecule has 0 bridgehead atoms. The van der Waals surface area contributed by atoms with Gasteiger partial charge in [0.2, 0.25) is 0 Å². The number of anilines is 1. The van der Waals surface area contributed by atoms with E-state index in [0.29, 0.717) is 25.1 Å². The second-order valence-corrected chi connectivity index (χ2v) is 9.40. The zero-order valence-electron chi connectivity index (χ0n) is 19.3. The predicted octanol–water partition coefficient (Wildman–Crippen LogP) is 3.57. The molecular weight excluding hydrogens is 418 g/mol. The molecule has 1 heterocycles. The van der Waals surface area contributed by atoms with Gasteiger partial charge >= 0.3 is 0 Å². The Balaban J connectivity index is 1.58. The summed E-state index contributed by atoms with van der Waals surface area (Å²) in [4.78, 5) is 14.8. The van der Waals surface area contributed by atoms with Crippen LogP contribution in [0.2, 0.25) is 0 Å². The van der Waals surface area contributed by atoms with Crippen LogP contribution < -0.4 is 16.2 Å². The fourth-order valence-electron chi connectivity index (χ4n) is 5.68. The standard InChI is InChI=1S/C25H33N5O3/c1-31-12-13-32-30-23-20-14-18(33-17-6-4-16(26)5-7-17)8-9-19(20)22-21(24(27)29-15-28-22)25(23)10-2-3-11-25/h8-9,14-17H,2-7,10-13,26H2,1H3,(H2,27,28,29)/b30-23+/t16-,17+. The van der Waals surface area contributed by atoms with Crippen molar-refractivity contribution in [2.75, 3.05) is 26.1 Å². The minimum absolute atomic E-state index is 0.190. The van der Waals surface area contributed by atoms with Crippen LogP contribution in [0, 0.1) is 0 Å². The highest BCUT2D eigenvalue weighted by molar-refractivity contribution is 6.16. The molecule has 1 aromatic heterocycles. The molecule has 8 heteroatoms. The molecule has 8 nitrogen and oxygen atoms in total. The fraction of sp³-hybridized carbons (Fsp3) is 0.560. The van der Waals surface area contributed by atoms with Gasteiger partial charge in [0, 0.05) is 35.3 Å². The molecular formula is C25H33N5O3. The molecule has 3 aliphatic rings. The van der Waals surface area contributed by atoms with E-state index in [1.165, 1.54) is 0 Å². The van der Waals surface area contributed by atoms with E-state index < -0.39 is 0 Å². The summed E-state index contributed by atoms with van der Waals surface area (Å²) in [6, 6.07) is 6.48. The monoisotopic (exact) mass is 451 g/mol. The maximum atomic E-state index is 6.45. The number of nitrogens with zero attached hydrogens (tertiary/aromatic N) is 3. The van der Waals surface area contributed by atoms with Gasteiger partial charge in [-0.25, -0.2) is 9.97 Å². The van der Waals surface area contributed by atoms with Crippen molar-refractivity contribution in [3.05, 3.63) is 35.7 Å². The molecule has 1 spiro atoms. The van der Waals surface area contributed by atoms with Crippen LogP contribution in [-0.4, -0.2) is 48.1 Å². The number of nitrogen functional groups attached to an aromatic ring is 1. The summed E-state index contributed by atoms with van der Waals surface area (Å²) >= 11 is 0. The Bertz CT molecular complexity index is 1030. The van der Waals surface area contributed by atoms with Crippen molar-refractivity contribution >= 4 is 11.5 Å². The van der Waals surface area contributed by atoms with Crippen molar-refractivity contribution in [3.63, 3.8) is 0 Å². The number of nitrogens with two attached hydrogens (primary N) is 2. The van der Waals surface area contributed by atoms with E-state index >= 15 is 0 Å². The van der Waals surface area contributed by atoms with Crippen molar-refractivity contribution < 1.29 is 14.3 Å². The van der Waals surface area contributed by atoms with E-state index in [0.717, 1.165) is 85.2 Å². The van der Waals surface area contributed by atoms with Crippen LogP contribution in [-0.2, 0) is 15.0 Å². The van der Waals surface area contributed by atoms with Crippen LogP contribution in [0.3, 0.4) is 0 Å². The number of rotatable bonds is 6. The Morgan fingerprint density at radius 2 is 1.85 bits per heavy atom. The first-order valence-electron chi connectivity index (χ1n) is 12.0. The maximum absolute atomic E-state index is 6.45. The lowest BCUT2D eigenvalue weighted by molar-refractivity contribution is 0.0741. The van der Waals surface area contributed by atoms with Gasteiger partial charge in [-0.3, -0.25) is 0 Å². The Kier molecular flexibility index (Phi) is 6.21. The van der Waals surface area contributed by atoms with Gasteiger partial charge in [-0.1, -0.05) is 18.0 Å². The van der Waals surface area contributed by atoms with Crippen LogP contribution in [0.15, 0.2) is 29.7 Å². The van der Waals surface area contributed by atoms with E-state index in [1.807, 2.05) is 6.07 Å². The minimum atomic E-state index is -0.350. The third kappa shape index (κ3) is 4.06. The van der Waals surface area contributed by atoms with Gasteiger partial charge < -0.3 is 25.8 Å². The molecule has 5 rings (SSSR count). The summed E-state index contributed by atoms with van der Waals surface area (Å²) < 4.78 is 11.5. The zero-order chi connectivity index (χ0) is 22.8. The van der Waals surface area contributed by atoms with Crippen molar-refractivity contribution in [2.45, 2.75) is 68.9 Å². The number of ether oxygens (including phenoxy) is 2. The second kappa shape index (κ2) is 9.27. The summed E-state index contributed by atoms with van der Waals surface area (Å²) in [5.41, 5.74) is 17.0. The van der Waals surface area contributed by atoms with Gasteiger partial charge in [0.15, 0.2) is 0 Å². The average Bonchev–Trinajstić information content (AvgIpc) is 3.30. The molecule has 0 atom stereocenters. The van der Waals surface area contributed by atoms with E-state index in [9.17, 15) is 0 Å². The van der Waals surface area contributed by atoms with E-state index in [2.05, 4.69) is 27.3 Å². The molecule has 2 aromatic rings. The molecule has 0 aliphatic heterocycles. The van der Waals surface area contributed by atoms with Gasteiger partial charge in [0.25, 0.3) is 0 Å². The highest BCUT2D eigenvalue weighted by atomic mass is 16.6. The fourth-order valence-corrected chi connectivity index (χ4v) is 5.68. The molecule has 0 amide bonds. The quantitative estimate of drug-likeness (QED) is 0.509. The molecule has 3 aliphatic carbocycles. The highest BCUT2D eigenvalue weighted by Gasteiger charge is 2.49. The summed E-state index contributed by atoms with van der Waals surface area (Å²) in [7, 11) is 1.65. The predicted molar refractivity (Wildman–Crippen MR) is 127 cm³/mol. The van der Waals surface area contributed by atoms with Crippen molar-refractivity contribution in [2.24, 2.45) is 10.9 Å². The maximum Gasteiger partial charge on any atom is 0.140 e. The Hall–Kier alpha value is -2.71. The van der Waals surface area contributed by atoms with E-state index in [-0.39, 0.29) is 11.5 Å². The van der Waals surface area contributed by atoms with Crippen molar-refractivity contribution in [3.8, 4) is 17.0 Å². The largest absolute Gasteiger partial charge is 0.490 e. The molecule has 176 valence electrons. The van der Waals surface area contributed by atoms with Gasteiger partial charge in [-0.05, 0) is 56.7 Å². The zero-order valence-corrected chi connectivity index (χ0v) is 19.3. The Morgan fingerprint density at radius 3 is 2.61 bits per heavy atom. The Labute approximate surface area is 194 Å². The smallest absolute Gasteiger partial charge is 0.140 e. The number of fused-ring (bicyclic) bond motifs is 4. The second-order valence-electron chi connectivity index (χ2n) is 9.40. The SMILES string of the molecule is COCCO/N=C1\c2cc(O[C@H]3CC[C@@H](N)CC3)ccc2-c2ncnc(N)c2C12CCCC2. The first-order valence-corrected chi connectivity index (χ1v) is 12.0. The van der Waals surface area contributed by atoms with Crippen LogP contribution in [0.5, 0.6) is 5.75 Å². The summed E-state index contributed by atoms with van der Waals surface area (Å²) in [5, 5.41) is 4.69. The third-order valence-corrected chi connectivity index (χ3v) is 7.32. The van der Waals surface area contributed by atoms with Crippen LogP contribution >= 0.6 is 0 Å². The van der Waals surface area contributed by atoms with Gasteiger partial charge in [-0.2, -0.15) is 0 Å². The van der Waals surface area contributed by atoms with Crippen LogP contribution in [0.25, 0.3) is 11.3 Å².